The largest absolute Gasteiger partial charge is 0.298 e. The molecule has 0 N–H and O–H groups in total. The normalized spacial score (nSPS) is 9.00. The monoisotopic (exact) mass is 122 g/mol. The summed E-state index contributed by atoms with van der Waals surface area (Å²) >= 11 is 0. The molecule has 0 spiro atoms. The fraction of sp³-hybridized carbons (Fsp3) is 0.167. The smallest absolute Gasteiger partial charge is 0.151 e. The highest BCUT2D eigenvalue weighted by Gasteiger charge is 1.88. The molecule has 0 bridgehead atoms. The highest BCUT2D eigenvalue weighted by Crippen LogP contribution is 1.92. The van der Waals surface area contributed by atoms with E-state index in [0.29, 0.717) is 5.56 Å². The first-order valence-corrected chi connectivity index (χ1v) is 2.57. The molecule has 46 valence electrons. The average molecular weight is 122 g/mol. The van der Waals surface area contributed by atoms with Crippen LogP contribution in [-0.2, 0) is 0 Å². The Hall–Kier alpha value is -1.25. The van der Waals surface area contributed by atoms with Gasteiger partial charge in [-0.25, -0.2) is 0 Å². The summed E-state index contributed by atoms with van der Waals surface area (Å²) in [5.74, 6) is 0. The van der Waals surface area contributed by atoms with Crippen molar-refractivity contribution < 1.29 is 4.79 Å². The lowest BCUT2D eigenvalue weighted by Gasteiger charge is -1.87. The molecule has 9 heavy (non-hydrogen) atoms. The maximum Gasteiger partial charge on any atom is 0.151 e. The van der Waals surface area contributed by atoms with E-state index in [4.69, 9.17) is 0 Å². The number of aldehydes is 1. The number of nitrogens with zero attached hydrogens (tertiary/aromatic N) is 2. The highest BCUT2D eigenvalue weighted by atomic mass is 16.1. The number of carbonyl (C=O) groups excluding carboxylic acids is 1. The second-order valence-corrected chi connectivity index (χ2v) is 1.75. The first-order valence-electron chi connectivity index (χ1n) is 2.57. The zero-order valence-corrected chi connectivity index (χ0v) is 5.03. The second-order valence-electron chi connectivity index (χ2n) is 1.75. The van der Waals surface area contributed by atoms with Crippen molar-refractivity contribution in [1.29, 1.82) is 0 Å². The molecule has 1 aromatic heterocycles. The van der Waals surface area contributed by atoms with Gasteiger partial charge < -0.3 is 0 Å². The van der Waals surface area contributed by atoms with Crippen LogP contribution >= 0.6 is 0 Å². The minimum absolute atomic E-state index is 0.572. The summed E-state index contributed by atoms with van der Waals surface area (Å²) in [6.07, 6.45) is 2.18. The quantitative estimate of drug-likeness (QED) is 0.512. The van der Waals surface area contributed by atoms with Crippen LogP contribution in [0.25, 0.3) is 0 Å². The molecule has 0 unspecified atom stereocenters. The van der Waals surface area contributed by atoms with Crippen LogP contribution in [0.1, 0.15) is 16.1 Å². The number of rotatable bonds is 1. The number of aromatic nitrogens is 2. The van der Waals surface area contributed by atoms with Crippen molar-refractivity contribution >= 4 is 6.29 Å². The van der Waals surface area contributed by atoms with Gasteiger partial charge in [-0.1, -0.05) is 0 Å². The number of hydrogen-bond acceptors (Lipinski definition) is 3. The third kappa shape index (κ3) is 1.32. The Morgan fingerprint density at radius 2 is 2.44 bits per heavy atom. The van der Waals surface area contributed by atoms with Crippen LogP contribution in [0.15, 0.2) is 12.3 Å². The predicted molar refractivity (Wildman–Crippen MR) is 32.2 cm³/mol. The minimum Gasteiger partial charge on any atom is -0.298 e. The van der Waals surface area contributed by atoms with Crippen molar-refractivity contribution in [3.63, 3.8) is 0 Å². The number of aryl methyl sites for hydroxylation is 1. The van der Waals surface area contributed by atoms with Crippen LogP contribution in [0.5, 0.6) is 0 Å². The summed E-state index contributed by atoms with van der Waals surface area (Å²) in [5, 5.41) is 7.25. The van der Waals surface area contributed by atoms with E-state index < -0.39 is 0 Å². The molecule has 3 nitrogen and oxygen atoms in total. The fourth-order valence-electron chi connectivity index (χ4n) is 0.558. The molecule has 0 saturated carbocycles. The molecule has 0 fully saturated rings. The van der Waals surface area contributed by atoms with Crippen LogP contribution in [0.3, 0.4) is 0 Å². The van der Waals surface area contributed by atoms with E-state index in [-0.39, 0.29) is 0 Å². The lowest BCUT2D eigenvalue weighted by atomic mass is 10.3. The van der Waals surface area contributed by atoms with E-state index in [0.717, 1.165) is 12.0 Å². The summed E-state index contributed by atoms with van der Waals surface area (Å²) in [6.45, 7) is 1.79. The van der Waals surface area contributed by atoms with Gasteiger partial charge in [0.15, 0.2) is 6.29 Å². The van der Waals surface area contributed by atoms with Gasteiger partial charge in [-0.15, -0.1) is 0 Å². The molecule has 0 radical (unpaired) electrons. The van der Waals surface area contributed by atoms with Crippen LogP contribution in [0, 0.1) is 6.92 Å². The van der Waals surface area contributed by atoms with Gasteiger partial charge in [-0.2, -0.15) is 10.2 Å². The SMILES string of the molecule is Cc1cc(C=O)cnn1. The van der Waals surface area contributed by atoms with Crippen molar-refractivity contribution in [2.75, 3.05) is 0 Å². The Bertz CT molecular complexity index is 222. The van der Waals surface area contributed by atoms with Crippen molar-refractivity contribution in [3.05, 3.63) is 23.5 Å². The van der Waals surface area contributed by atoms with Gasteiger partial charge in [-0.3, -0.25) is 4.79 Å². The Labute approximate surface area is 52.7 Å². The molecule has 1 heterocycles. The van der Waals surface area contributed by atoms with E-state index in [2.05, 4.69) is 10.2 Å². The van der Waals surface area contributed by atoms with Gasteiger partial charge in [0.25, 0.3) is 0 Å². The number of hydrogen-bond donors (Lipinski definition) is 0. The average Bonchev–Trinajstić information content (AvgIpc) is 1.88. The number of carbonyl (C=O) groups is 1. The molecule has 0 amide bonds. The third-order valence-corrected chi connectivity index (χ3v) is 0.934. The lowest BCUT2D eigenvalue weighted by molar-refractivity contribution is 0.112. The Balaban J connectivity index is 3.07. The second kappa shape index (κ2) is 2.35. The van der Waals surface area contributed by atoms with Crippen LogP contribution < -0.4 is 0 Å². The first-order chi connectivity index (χ1) is 4.33. The minimum atomic E-state index is 0.572. The van der Waals surface area contributed by atoms with Gasteiger partial charge in [0, 0.05) is 5.56 Å². The van der Waals surface area contributed by atoms with E-state index >= 15 is 0 Å². The van der Waals surface area contributed by atoms with Gasteiger partial charge >= 0.3 is 0 Å². The Morgan fingerprint density at radius 3 is 2.89 bits per heavy atom. The van der Waals surface area contributed by atoms with Gasteiger partial charge in [0.1, 0.15) is 0 Å². The van der Waals surface area contributed by atoms with E-state index in [1.54, 1.807) is 13.0 Å². The molecule has 0 aromatic carbocycles. The van der Waals surface area contributed by atoms with Crippen molar-refractivity contribution in [2.45, 2.75) is 6.92 Å². The predicted octanol–water partition coefficient (Wildman–Crippen LogP) is 0.598. The van der Waals surface area contributed by atoms with Crippen molar-refractivity contribution in [3.8, 4) is 0 Å². The molecular weight excluding hydrogens is 116 g/mol. The van der Waals surface area contributed by atoms with Gasteiger partial charge in [0.05, 0.1) is 11.9 Å². The maximum absolute atomic E-state index is 10.1. The van der Waals surface area contributed by atoms with E-state index in [9.17, 15) is 4.79 Å². The molecule has 1 rings (SSSR count). The molecule has 1 aromatic rings. The first kappa shape index (κ1) is 5.88. The standard InChI is InChI=1S/C6H6N2O/c1-5-2-6(4-9)3-7-8-5/h2-4H,1H3. The molecule has 0 aliphatic carbocycles. The molecular formula is C6H6N2O. The van der Waals surface area contributed by atoms with Crippen LogP contribution in [0.4, 0.5) is 0 Å². The van der Waals surface area contributed by atoms with Crippen molar-refractivity contribution in [2.24, 2.45) is 0 Å². The van der Waals surface area contributed by atoms with Crippen LogP contribution in [-0.4, -0.2) is 16.5 Å². The van der Waals surface area contributed by atoms with E-state index in [1.165, 1.54) is 6.20 Å². The highest BCUT2D eigenvalue weighted by molar-refractivity contribution is 5.73. The van der Waals surface area contributed by atoms with Crippen molar-refractivity contribution in [1.82, 2.24) is 10.2 Å². The Kier molecular flexibility index (Phi) is 1.53. The Morgan fingerprint density at radius 1 is 1.67 bits per heavy atom. The zero-order chi connectivity index (χ0) is 6.69. The molecule has 3 heteroatoms. The van der Waals surface area contributed by atoms with Crippen LogP contribution in [0.2, 0.25) is 0 Å². The van der Waals surface area contributed by atoms with Gasteiger partial charge in [0.2, 0.25) is 0 Å². The topological polar surface area (TPSA) is 42.9 Å². The molecule has 0 saturated heterocycles. The maximum atomic E-state index is 10.1. The van der Waals surface area contributed by atoms with E-state index in [1.807, 2.05) is 0 Å². The fourth-order valence-corrected chi connectivity index (χ4v) is 0.558. The zero-order valence-electron chi connectivity index (χ0n) is 5.03. The molecule has 0 atom stereocenters. The summed E-state index contributed by atoms with van der Waals surface area (Å²) in [4.78, 5) is 10.1. The summed E-state index contributed by atoms with van der Waals surface area (Å²) < 4.78 is 0. The summed E-state index contributed by atoms with van der Waals surface area (Å²) in [6, 6.07) is 1.68. The summed E-state index contributed by atoms with van der Waals surface area (Å²) in [5.41, 5.74) is 1.34. The van der Waals surface area contributed by atoms with Gasteiger partial charge in [-0.05, 0) is 13.0 Å². The third-order valence-electron chi connectivity index (χ3n) is 0.934. The molecule has 0 aliphatic heterocycles. The molecule has 0 aliphatic rings. The lowest BCUT2D eigenvalue weighted by Crippen LogP contribution is -1.88. The summed E-state index contributed by atoms with van der Waals surface area (Å²) in [7, 11) is 0.